The molecule has 1 aromatic heterocycles. The topological polar surface area (TPSA) is 54.9 Å². The van der Waals surface area contributed by atoms with E-state index in [1.165, 1.54) is 0 Å². The van der Waals surface area contributed by atoms with Gasteiger partial charge >= 0.3 is 5.69 Å². The molecule has 90 valence electrons. The molecule has 0 unspecified atom stereocenters. The van der Waals surface area contributed by atoms with E-state index in [0.717, 1.165) is 4.57 Å². The van der Waals surface area contributed by atoms with Crippen molar-refractivity contribution in [1.82, 2.24) is 9.55 Å². The van der Waals surface area contributed by atoms with Crippen LogP contribution in [0.2, 0.25) is 5.15 Å². The Hall–Kier alpha value is -0.740. The van der Waals surface area contributed by atoms with E-state index in [1.54, 1.807) is 13.8 Å². The summed E-state index contributed by atoms with van der Waals surface area (Å²) in [7, 11) is 0. The van der Waals surface area contributed by atoms with Crippen molar-refractivity contribution < 1.29 is 0 Å². The highest BCUT2D eigenvalue weighted by Gasteiger charge is 2.13. The van der Waals surface area contributed by atoms with Crippen LogP contribution in [0.5, 0.6) is 0 Å². The Morgan fingerprint density at radius 1 is 1.38 bits per heavy atom. The van der Waals surface area contributed by atoms with Gasteiger partial charge in [0.1, 0.15) is 5.15 Å². The molecule has 16 heavy (non-hydrogen) atoms. The van der Waals surface area contributed by atoms with E-state index in [4.69, 9.17) is 23.2 Å². The van der Waals surface area contributed by atoms with Crippen LogP contribution < -0.4 is 11.2 Å². The fraction of sp³-hybridized carbons (Fsp3) is 0.600. The quantitative estimate of drug-likeness (QED) is 0.668. The number of aromatic nitrogens is 2. The third kappa shape index (κ3) is 2.68. The van der Waals surface area contributed by atoms with Crippen LogP contribution in [-0.2, 0) is 6.42 Å². The molecule has 6 heteroatoms. The summed E-state index contributed by atoms with van der Waals surface area (Å²) in [5.41, 5.74) is -0.371. The molecule has 0 saturated heterocycles. The first-order chi connectivity index (χ1) is 7.49. The van der Waals surface area contributed by atoms with Crippen molar-refractivity contribution in [2.75, 3.05) is 5.88 Å². The van der Waals surface area contributed by atoms with E-state index in [0.29, 0.717) is 24.3 Å². The molecule has 0 fully saturated rings. The number of rotatable bonds is 4. The van der Waals surface area contributed by atoms with Crippen LogP contribution in [0.25, 0.3) is 0 Å². The summed E-state index contributed by atoms with van der Waals surface area (Å²) in [5, 5.41) is 0.122. The van der Waals surface area contributed by atoms with Gasteiger partial charge < -0.3 is 0 Å². The highest BCUT2D eigenvalue weighted by Crippen LogP contribution is 2.09. The molecule has 4 nitrogen and oxygen atoms in total. The van der Waals surface area contributed by atoms with Gasteiger partial charge in [0, 0.05) is 11.9 Å². The Bertz CT molecular complexity index is 477. The number of nitrogens with zero attached hydrogens (tertiary/aromatic N) is 1. The lowest BCUT2D eigenvalue weighted by Gasteiger charge is -2.11. The summed E-state index contributed by atoms with van der Waals surface area (Å²) in [5.74, 6) is 0.455. The zero-order valence-electron chi connectivity index (χ0n) is 9.22. The average Bonchev–Trinajstić information content (AvgIpc) is 2.16. The molecular weight excluding hydrogens is 251 g/mol. The molecule has 1 heterocycles. The number of H-pyrrole nitrogens is 1. The van der Waals surface area contributed by atoms with Gasteiger partial charge in [-0.25, -0.2) is 4.79 Å². The molecule has 0 spiro atoms. The summed E-state index contributed by atoms with van der Waals surface area (Å²) in [6, 6.07) is -0.191. The molecule has 1 aromatic rings. The van der Waals surface area contributed by atoms with Gasteiger partial charge in [-0.1, -0.05) is 11.6 Å². The molecule has 1 N–H and O–H groups in total. The lowest BCUT2D eigenvalue weighted by Crippen LogP contribution is -2.38. The molecule has 0 amide bonds. The summed E-state index contributed by atoms with van der Waals surface area (Å²) in [4.78, 5) is 26.0. The SMILES string of the molecule is CC(C)n1c(=O)[nH]c(Cl)c(CCCCl)c1=O. The monoisotopic (exact) mass is 264 g/mol. The van der Waals surface area contributed by atoms with Crippen molar-refractivity contribution in [3.8, 4) is 0 Å². The van der Waals surface area contributed by atoms with E-state index in [-0.39, 0.29) is 16.8 Å². The van der Waals surface area contributed by atoms with Crippen molar-refractivity contribution in [2.45, 2.75) is 32.7 Å². The van der Waals surface area contributed by atoms with Gasteiger partial charge in [-0.15, -0.1) is 11.6 Å². The predicted octanol–water partition coefficient (Wildman–Crippen LogP) is 1.94. The number of alkyl halides is 1. The Kier molecular flexibility index (Phi) is 4.62. The molecule has 0 saturated carbocycles. The van der Waals surface area contributed by atoms with Gasteiger partial charge in [0.2, 0.25) is 0 Å². The van der Waals surface area contributed by atoms with Gasteiger partial charge in [0.05, 0.1) is 5.56 Å². The first-order valence-electron chi connectivity index (χ1n) is 5.08. The fourth-order valence-electron chi connectivity index (χ4n) is 1.49. The van der Waals surface area contributed by atoms with Gasteiger partial charge in [-0.3, -0.25) is 14.3 Å². The Labute approximate surface area is 103 Å². The Morgan fingerprint density at radius 2 is 2.00 bits per heavy atom. The lowest BCUT2D eigenvalue weighted by atomic mass is 10.2. The third-order valence-electron chi connectivity index (χ3n) is 2.25. The summed E-state index contributed by atoms with van der Waals surface area (Å²) >= 11 is 11.4. The minimum atomic E-state index is -0.473. The van der Waals surface area contributed by atoms with Crippen molar-refractivity contribution in [1.29, 1.82) is 0 Å². The molecular formula is C10H14Cl2N2O2. The molecule has 0 aliphatic carbocycles. The number of hydrogen-bond acceptors (Lipinski definition) is 2. The van der Waals surface area contributed by atoms with Crippen molar-refractivity contribution in [2.24, 2.45) is 0 Å². The highest BCUT2D eigenvalue weighted by molar-refractivity contribution is 6.30. The smallest absolute Gasteiger partial charge is 0.297 e. The maximum Gasteiger partial charge on any atom is 0.329 e. The minimum Gasteiger partial charge on any atom is -0.297 e. The van der Waals surface area contributed by atoms with E-state index in [9.17, 15) is 9.59 Å². The number of aromatic amines is 1. The maximum atomic E-state index is 12.0. The van der Waals surface area contributed by atoms with E-state index >= 15 is 0 Å². The van der Waals surface area contributed by atoms with E-state index < -0.39 is 5.69 Å². The molecule has 0 aromatic carbocycles. The second-order valence-corrected chi connectivity index (χ2v) is 4.54. The summed E-state index contributed by atoms with van der Waals surface area (Å²) < 4.78 is 1.16. The Morgan fingerprint density at radius 3 is 2.50 bits per heavy atom. The second-order valence-electron chi connectivity index (χ2n) is 3.78. The Balaban J connectivity index is 3.34. The van der Waals surface area contributed by atoms with Crippen LogP contribution in [-0.4, -0.2) is 15.4 Å². The molecule has 1 rings (SSSR count). The standard InChI is InChI=1S/C10H14Cl2N2O2/c1-6(2)14-9(15)7(4-3-5-11)8(12)13-10(14)16/h6H,3-5H2,1-2H3,(H,13,16). The lowest BCUT2D eigenvalue weighted by molar-refractivity contribution is 0.539. The predicted molar refractivity (Wildman–Crippen MR) is 65.8 cm³/mol. The zero-order valence-corrected chi connectivity index (χ0v) is 10.7. The van der Waals surface area contributed by atoms with Crippen LogP contribution in [0.1, 0.15) is 31.9 Å². The molecule has 0 radical (unpaired) electrons. The summed E-state index contributed by atoms with van der Waals surface area (Å²) in [6.45, 7) is 3.55. The maximum absolute atomic E-state index is 12.0. The third-order valence-corrected chi connectivity index (χ3v) is 2.84. The van der Waals surface area contributed by atoms with Gasteiger partial charge in [-0.05, 0) is 26.7 Å². The minimum absolute atomic E-state index is 0.122. The van der Waals surface area contributed by atoms with Crippen molar-refractivity contribution in [3.05, 3.63) is 31.6 Å². The molecule has 0 bridgehead atoms. The number of halogens is 2. The fourth-order valence-corrected chi connectivity index (χ4v) is 1.88. The van der Waals surface area contributed by atoms with Crippen LogP contribution in [0.15, 0.2) is 9.59 Å². The van der Waals surface area contributed by atoms with Crippen molar-refractivity contribution >= 4 is 23.2 Å². The van der Waals surface area contributed by atoms with Gasteiger partial charge in [-0.2, -0.15) is 0 Å². The van der Waals surface area contributed by atoms with E-state index in [1.807, 2.05) is 0 Å². The van der Waals surface area contributed by atoms with Gasteiger partial charge in [0.15, 0.2) is 0 Å². The molecule has 0 aliphatic heterocycles. The molecule has 0 atom stereocenters. The first-order valence-corrected chi connectivity index (χ1v) is 5.99. The largest absolute Gasteiger partial charge is 0.329 e. The number of nitrogens with one attached hydrogen (secondary N) is 1. The highest BCUT2D eigenvalue weighted by atomic mass is 35.5. The van der Waals surface area contributed by atoms with Crippen LogP contribution >= 0.6 is 23.2 Å². The zero-order chi connectivity index (χ0) is 12.3. The first kappa shape index (κ1) is 13.3. The van der Waals surface area contributed by atoms with E-state index in [2.05, 4.69) is 4.98 Å². The van der Waals surface area contributed by atoms with Crippen LogP contribution in [0.4, 0.5) is 0 Å². The summed E-state index contributed by atoms with van der Waals surface area (Å²) in [6.07, 6.45) is 1.13. The number of hydrogen-bond donors (Lipinski definition) is 1. The van der Waals surface area contributed by atoms with Crippen molar-refractivity contribution in [3.63, 3.8) is 0 Å². The van der Waals surface area contributed by atoms with Crippen LogP contribution in [0, 0.1) is 0 Å². The molecule has 0 aliphatic rings. The van der Waals surface area contributed by atoms with Crippen LogP contribution in [0.3, 0.4) is 0 Å². The van der Waals surface area contributed by atoms with Gasteiger partial charge in [0.25, 0.3) is 5.56 Å². The second kappa shape index (κ2) is 5.55. The average molecular weight is 265 g/mol. The normalized spacial score (nSPS) is 11.1.